The van der Waals surface area contributed by atoms with Crippen LogP contribution in [0, 0.1) is 0 Å². The standard InChI is InChI=1S/C11H16BrNO2/c1-7-3-4-8(14-7)11(13-2)9-5-6-10(12)15-9/h5-8,11,13H,3-4H2,1-2H3. The average molecular weight is 274 g/mol. The quantitative estimate of drug-likeness (QED) is 0.920. The summed E-state index contributed by atoms with van der Waals surface area (Å²) >= 11 is 3.31. The summed E-state index contributed by atoms with van der Waals surface area (Å²) in [6, 6.07) is 4.05. The van der Waals surface area contributed by atoms with Gasteiger partial charge in [0.05, 0.1) is 18.2 Å². The van der Waals surface area contributed by atoms with Crippen LogP contribution in [0.15, 0.2) is 21.2 Å². The first kappa shape index (κ1) is 11.2. The van der Waals surface area contributed by atoms with Crippen LogP contribution in [-0.2, 0) is 4.74 Å². The fraction of sp³-hybridized carbons (Fsp3) is 0.636. The van der Waals surface area contributed by atoms with E-state index in [9.17, 15) is 0 Å². The van der Waals surface area contributed by atoms with Crippen LogP contribution >= 0.6 is 15.9 Å². The summed E-state index contributed by atoms with van der Waals surface area (Å²) in [6.45, 7) is 2.12. The van der Waals surface area contributed by atoms with E-state index in [0.717, 1.165) is 23.3 Å². The highest BCUT2D eigenvalue weighted by Gasteiger charge is 2.31. The van der Waals surface area contributed by atoms with Crippen molar-refractivity contribution in [2.24, 2.45) is 0 Å². The van der Waals surface area contributed by atoms with Gasteiger partial charge in [-0.3, -0.25) is 0 Å². The highest BCUT2D eigenvalue weighted by atomic mass is 79.9. The summed E-state index contributed by atoms with van der Waals surface area (Å²) in [6.07, 6.45) is 2.81. The second-order valence-electron chi connectivity index (χ2n) is 3.97. The number of hydrogen-bond donors (Lipinski definition) is 1. The van der Waals surface area contributed by atoms with Crippen molar-refractivity contribution < 1.29 is 9.15 Å². The summed E-state index contributed by atoms with van der Waals surface area (Å²) in [7, 11) is 1.94. The zero-order chi connectivity index (χ0) is 10.8. The first-order chi connectivity index (χ1) is 7.20. The van der Waals surface area contributed by atoms with Gasteiger partial charge < -0.3 is 14.5 Å². The van der Waals surface area contributed by atoms with Gasteiger partial charge in [-0.25, -0.2) is 0 Å². The van der Waals surface area contributed by atoms with Gasteiger partial charge in [-0.05, 0) is 54.9 Å². The zero-order valence-electron chi connectivity index (χ0n) is 9.00. The number of hydrogen-bond acceptors (Lipinski definition) is 3. The van der Waals surface area contributed by atoms with Crippen molar-refractivity contribution in [3.8, 4) is 0 Å². The topological polar surface area (TPSA) is 34.4 Å². The molecule has 1 aliphatic heterocycles. The van der Waals surface area contributed by atoms with E-state index in [2.05, 4.69) is 28.2 Å². The third-order valence-electron chi connectivity index (χ3n) is 2.85. The molecule has 0 amide bonds. The molecule has 1 aliphatic rings. The van der Waals surface area contributed by atoms with E-state index in [0.29, 0.717) is 6.10 Å². The fourth-order valence-electron chi connectivity index (χ4n) is 2.09. The highest BCUT2D eigenvalue weighted by Crippen LogP contribution is 2.31. The van der Waals surface area contributed by atoms with E-state index < -0.39 is 0 Å². The molecule has 3 nitrogen and oxygen atoms in total. The largest absolute Gasteiger partial charge is 0.453 e. The SMILES string of the molecule is CNC(c1ccc(Br)o1)C1CCC(C)O1. The Morgan fingerprint density at radius 1 is 1.47 bits per heavy atom. The molecule has 0 bridgehead atoms. The summed E-state index contributed by atoms with van der Waals surface area (Å²) in [4.78, 5) is 0. The maximum absolute atomic E-state index is 5.84. The van der Waals surface area contributed by atoms with Crippen LogP contribution in [0.3, 0.4) is 0 Å². The Hall–Kier alpha value is -0.320. The monoisotopic (exact) mass is 273 g/mol. The Bertz CT molecular complexity index is 326. The third-order valence-corrected chi connectivity index (χ3v) is 3.27. The van der Waals surface area contributed by atoms with Crippen LogP contribution < -0.4 is 5.32 Å². The van der Waals surface area contributed by atoms with Gasteiger partial charge in [0.1, 0.15) is 5.76 Å². The van der Waals surface area contributed by atoms with E-state index >= 15 is 0 Å². The highest BCUT2D eigenvalue weighted by molar-refractivity contribution is 9.10. The Kier molecular flexibility index (Phi) is 3.49. The van der Waals surface area contributed by atoms with E-state index in [1.54, 1.807) is 0 Å². The summed E-state index contributed by atoms with van der Waals surface area (Å²) in [5, 5.41) is 3.25. The molecule has 0 spiro atoms. The second-order valence-corrected chi connectivity index (χ2v) is 4.75. The fourth-order valence-corrected chi connectivity index (χ4v) is 2.40. The normalized spacial score (nSPS) is 28.2. The number of likely N-dealkylation sites (N-methyl/N-ethyl adjacent to an activating group) is 1. The van der Waals surface area contributed by atoms with Crippen molar-refractivity contribution in [3.63, 3.8) is 0 Å². The minimum absolute atomic E-state index is 0.154. The Morgan fingerprint density at radius 2 is 2.27 bits per heavy atom. The molecule has 1 saturated heterocycles. The van der Waals surface area contributed by atoms with Crippen LogP contribution in [-0.4, -0.2) is 19.3 Å². The summed E-state index contributed by atoms with van der Waals surface area (Å²) in [5.74, 6) is 0.934. The number of furan rings is 1. The third kappa shape index (κ3) is 2.44. The van der Waals surface area contributed by atoms with Crippen molar-refractivity contribution in [3.05, 3.63) is 22.6 Å². The maximum atomic E-state index is 5.84. The molecule has 2 rings (SSSR count). The summed E-state index contributed by atoms with van der Waals surface area (Å²) in [5.41, 5.74) is 0. The molecule has 1 fully saturated rings. The molecule has 3 unspecified atom stereocenters. The zero-order valence-corrected chi connectivity index (χ0v) is 10.6. The lowest BCUT2D eigenvalue weighted by molar-refractivity contribution is 0.0284. The molecule has 3 atom stereocenters. The van der Waals surface area contributed by atoms with E-state index in [-0.39, 0.29) is 12.1 Å². The molecule has 0 radical (unpaired) electrons. The molecule has 0 saturated carbocycles. The Balaban J connectivity index is 2.10. The van der Waals surface area contributed by atoms with Gasteiger partial charge in [0.15, 0.2) is 4.67 Å². The number of nitrogens with one attached hydrogen (secondary N) is 1. The predicted molar refractivity (Wildman–Crippen MR) is 61.8 cm³/mol. The summed E-state index contributed by atoms with van der Waals surface area (Å²) < 4.78 is 12.2. The van der Waals surface area contributed by atoms with Gasteiger partial charge in [0.2, 0.25) is 0 Å². The Labute approximate surface area is 98.3 Å². The van der Waals surface area contributed by atoms with E-state index in [1.165, 1.54) is 0 Å². The molecule has 0 aliphatic carbocycles. The van der Waals surface area contributed by atoms with E-state index in [4.69, 9.17) is 9.15 Å². The smallest absolute Gasteiger partial charge is 0.169 e. The van der Waals surface area contributed by atoms with Gasteiger partial charge in [0.25, 0.3) is 0 Å². The van der Waals surface area contributed by atoms with Crippen LogP contribution in [0.4, 0.5) is 0 Å². The van der Waals surface area contributed by atoms with E-state index in [1.807, 2.05) is 19.2 Å². The van der Waals surface area contributed by atoms with Crippen molar-refractivity contribution in [1.82, 2.24) is 5.32 Å². The lowest BCUT2D eigenvalue weighted by atomic mass is 10.1. The molecule has 2 heterocycles. The average Bonchev–Trinajstić information content (AvgIpc) is 2.78. The first-order valence-electron chi connectivity index (χ1n) is 5.28. The molecule has 0 aromatic carbocycles. The molecule has 4 heteroatoms. The Morgan fingerprint density at radius 3 is 2.73 bits per heavy atom. The van der Waals surface area contributed by atoms with Gasteiger partial charge in [-0.1, -0.05) is 0 Å². The lowest BCUT2D eigenvalue weighted by Gasteiger charge is -2.20. The predicted octanol–water partition coefficient (Wildman–Crippen LogP) is 2.87. The van der Waals surface area contributed by atoms with Gasteiger partial charge in [0, 0.05) is 0 Å². The molecular weight excluding hydrogens is 258 g/mol. The van der Waals surface area contributed by atoms with Crippen LogP contribution in [0.2, 0.25) is 0 Å². The molecule has 1 N–H and O–H groups in total. The molecular formula is C11H16BrNO2. The van der Waals surface area contributed by atoms with Crippen molar-refractivity contribution >= 4 is 15.9 Å². The van der Waals surface area contributed by atoms with Crippen LogP contribution in [0.1, 0.15) is 31.6 Å². The number of ether oxygens (including phenoxy) is 1. The molecule has 1 aromatic rings. The maximum Gasteiger partial charge on any atom is 0.169 e. The lowest BCUT2D eigenvalue weighted by Crippen LogP contribution is -2.29. The van der Waals surface area contributed by atoms with Crippen LogP contribution in [0.5, 0.6) is 0 Å². The molecule has 1 aromatic heterocycles. The number of rotatable bonds is 3. The van der Waals surface area contributed by atoms with Gasteiger partial charge >= 0.3 is 0 Å². The van der Waals surface area contributed by atoms with Gasteiger partial charge in [-0.2, -0.15) is 0 Å². The van der Waals surface area contributed by atoms with Crippen LogP contribution in [0.25, 0.3) is 0 Å². The minimum Gasteiger partial charge on any atom is -0.453 e. The molecule has 15 heavy (non-hydrogen) atoms. The van der Waals surface area contributed by atoms with Crippen molar-refractivity contribution in [2.45, 2.75) is 38.0 Å². The van der Waals surface area contributed by atoms with Crippen molar-refractivity contribution in [1.29, 1.82) is 0 Å². The van der Waals surface area contributed by atoms with Gasteiger partial charge in [-0.15, -0.1) is 0 Å². The first-order valence-corrected chi connectivity index (χ1v) is 6.08. The number of halogens is 1. The minimum atomic E-state index is 0.154. The molecule has 84 valence electrons. The second kappa shape index (κ2) is 4.68. The van der Waals surface area contributed by atoms with Crippen molar-refractivity contribution in [2.75, 3.05) is 7.05 Å².